The Hall–Kier alpha value is -0.660. The topological polar surface area (TPSA) is 34.1 Å². The van der Waals surface area contributed by atoms with E-state index in [4.69, 9.17) is 0 Å². The van der Waals surface area contributed by atoms with Gasteiger partial charge in [0.2, 0.25) is 0 Å². The maximum atomic E-state index is 12.4. The molecule has 1 spiro atoms. The van der Waals surface area contributed by atoms with E-state index in [-0.39, 0.29) is 22.7 Å². The molecule has 0 aromatic heterocycles. The third-order valence-electron chi connectivity index (χ3n) is 7.62. The van der Waals surface area contributed by atoms with Crippen LogP contribution in [0, 0.1) is 39.9 Å². The van der Waals surface area contributed by atoms with Gasteiger partial charge in [-0.2, -0.15) is 0 Å². The average molecular weight is 246 g/mol. The van der Waals surface area contributed by atoms with E-state index in [0.717, 1.165) is 6.42 Å². The Balaban J connectivity index is 1.91. The molecular formula is C16H22O2. The lowest BCUT2D eigenvalue weighted by atomic mass is 9.60. The fourth-order valence-electron chi connectivity index (χ4n) is 6.50. The van der Waals surface area contributed by atoms with Crippen molar-refractivity contribution in [2.75, 3.05) is 0 Å². The first-order chi connectivity index (χ1) is 8.27. The summed E-state index contributed by atoms with van der Waals surface area (Å²) in [5, 5.41) is 0. The van der Waals surface area contributed by atoms with Gasteiger partial charge < -0.3 is 0 Å². The molecule has 0 radical (unpaired) electrons. The Morgan fingerprint density at radius 2 is 1.72 bits per heavy atom. The minimum absolute atomic E-state index is 0.0365. The van der Waals surface area contributed by atoms with Gasteiger partial charge in [-0.1, -0.05) is 27.7 Å². The monoisotopic (exact) mass is 246 g/mol. The summed E-state index contributed by atoms with van der Waals surface area (Å²) >= 11 is 0. The summed E-state index contributed by atoms with van der Waals surface area (Å²) in [4.78, 5) is 24.7. The summed E-state index contributed by atoms with van der Waals surface area (Å²) in [6.07, 6.45) is 2.40. The number of carbonyl (C=O) groups excluding carboxylic acids is 2. The first-order valence-corrected chi connectivity index (χ1v) is 7.32. The van der Waals surface area contributed by atoms with Gasteiger partial charge in [-0.25, -0.2) is 0 Å². The molecule has 2 nitrogen and oxygen atoms in total. The molecule has 0 amide bonds. The molecule has 0 bridgehead atoms. The number of carbonyl (C=O) groups is 2. The fourth-order valence-corrected chi connectivity index (χ4v) is 6.50. The smallest absolute Gasteiger partial charge is 0.137 e. The maximum absolute atomic E-state index is 12.4. The average Bonchev–Trinajstić information content (AvgIpc) is 2.57. The van der Waals surface area contributed by atoms with E-state index in [1.165, 1.54) is 0 Å². The molecule has 0 heterocycles. The van der Waals surface area contributed by atoms with Crippen LogP contribution in [0.5, 0.6) is 0 Å². The zero-order chi connectivity index (χ0) is 13.1. The van der Waals surface area contributed by atoms with Gasteiger partial charge in [-0.3, -0.25) is 9.59 Å². The van der Waals surface area contributed by atoms with Crippen LogP contribution < -0.4 is 0 Å². The van der Waals surface area contributed by atoms with Crippen LogP contribution in [0.4, 0.5) is 0 Å². The summed E-state index contributed by atoms with van der Waals surface area (Å²) in [6.45, 7) is 8.97. The summed E-state index contributed by atoms with van der Waals surface area (Å²) in [5.41, 5.74) is 0.362. The lowest BCUT2D eigenvalue weighted by Crippen LogP contribution is -2.39. The van der Waals surface area contributed by atoms with Gasteiger partial charge in [0, 0.05) is 24.7 Å². The zero-order valence-corrected chi connectivity index (χ0v) is 11.7. The highest BCUT2D eigenvalue weighted by Crippen LogP contribution is 2.85. The maximum Gasteiger partial charge on any atom is 0.137 e. The van der Waals surface area contributed by atoms with Gasteiger partial charge in [0.15, 0.2) is 0 Å². The number of rotatable bonds is 0. The summed E-state index contributed by atoms with van der Waals surface area (Å²) in [6, 6.07) is 0. The van der Waals surface area contributed by atoms with Crippen LogP contribution in [0.25, 0.3) is 0 Å². The number of fused-ring (bicyclic) bond motifs is 1. The van der Waals surface area contributed by atoms with Gasteiger partial charge in [0.25, 0.3) is 0 Å². The molecule has 18 heavy (non-hydrogen) atoms. The highest BCUT2D eigenvalue weighted by atomic mass is 16.1. The standard InChI is InChI=1S/C16H22O2/c1-8-11(17)7-16-9(12(18)6-15(8,16)4)5-10-13(16)14(10,2)3/h8-10,13H,5-7H2,1-4H3/t8-,9+,10-,13+,15-,16-/m0/s1. The van der Waals surface area contributed by atoms with Gasteiger partial charge in [0.05, 0.1) is 0 Å². The minimum atomic E-state index is -0.0426. The summed E-state index contributed by atoms with van der Waals surface area (Å²) in [5.74, 6) is 2.49. The molecule has 4 aliphatic carbocycles. The van der Waals surface area contributed by atoms with Crippen LogP contribution >= 0.6 is 0 Å². The van der Waals surface area contributed by atoms with Gasteiger partial charge >= 0.3 is 0 Å². The second-order valence-electron chi connectivity index (χ2n) is 8.16. The normalized spacial score (nSPS) is 59.6. The first-order valence-electron chi connectivity index (χ1n) is 7.32. The molecule has 0 saturated heterocycles. The van der Waals surface area contributed by atoms with Crippen molar-refractivity contribution < 1.29 is 9.59 Å². The van der Waals surface area contributed by atoms with Crippen LogP contribution in [0.3, 0.4) is 0 Å². The lowest BCUT2D eigenvalue weighted by Gasteiger charge is -2.42. The molecule has 4 aliphatic rings. The Labute approximate surface area is 109 Å². The third-order valence-corrected chi connectivity index (χ3v) is 7.62. The second kappa shape index (κ2) is 2.62. The molecule has 4 rings (SSSR count). The Morgan fingerprint density at radius 1 is 1.06 bits per heavy atom. The molecule has 6 atom stereocenters. The van der Waals surface area contributed by atoms with Crippen LogP contribution in [0.1, 0.15) is 47.0 Å². The van der Waals surface area contributed by atoms with Crippen molar-refractivity contribution >= 4 is 11.6 Å². The van der Waals surface area contributed by atoms with E-state index < -0.39 is 0 Å². The van der Waals surface area contributed by atoms with E-state index in [1.807, 2.05) is 0 Å². The fraction of sp³-hybridized carbons (Fsp3) is 0.875. The summed E-state index contributed by atoms with van der Waals surface area (Å²) in [7, 11) is 0. The van der Waals surface area contributed by atoms with Gasteiger partial charge in [0.1, 0.15) is 11.6 Å². The molecule has 0 aliphatic heterocycles. The van der Waals surface area contributed by atoms with E-state index in [0.29, 0.717) is 41.7 Å². The predicted octanol–water partition coefficient (Wildman–Crippen LogP) is 2.85. The summed E-state index contributed by atoms with van der Waals surface area (Å²) < 4.78 is 0. The molecule has 4 fully saturated rings. The SMILES string of the molecule is C[C@H]1C(=O)C[C@]23[C@H](C[C@H]4[C@@H]2C4(C)C)C(=O)C[C@@]13C. The molecule has 0 unspecified atom stereocenters. The van der Waals surface area contributed by atoms with Crippen molar-refractivity contribution in [2.45, 2.75) is 47.0 Å². The number of Topliss-reactive ketones (excluding diaryl/α,β-unsaturated/α-hetero) is 2. The molecule has 2 heteroatoms. The van der Waals surface area contributed by atoms with E-state index in [1.54, 1.807) is 0 Å². The minimum Gasteiger partial charge on any atom is -0.299 e. The Kier molecular flexibility index (Phi) is 1.63. The van der Waals surface area contributed by atoms with Crippen LogP contribution in [0.15, 0.2) is 0 Å². The molecule has 4 saturated carbocycles. The molecule has 0 N–H and O–H groups in total. The Bertz CT molecular complexity index is 491. The van der Waals surface area contributed by atoms with Crippen LogP contribution in [0.2, 0.25) is 0 Å². The number of ketones is 2. The molecular weight excluding hydrogens is 224 g/mol. The lowest BCUT2D eigenvalue weighted by molar-refractivity contribution is -0.125. The van der Waals surface area contributed by atoms with Gasteiger partial charge in [-0.05, 0) is 34.5 Å². The number of hydrogen-bond donors (Lipinski definition) is 0. The highest BCUT2D eigenvalue weighted by molar-refractivity contribution is 5.95. The Morgan fingerprint density at radius 3 is 2.39 bits per heavy atom. The van der Waals surface area contributed by atoms with Crippen molar-refractivity contribution in [2.24, 2.45) is 39.9 Å². The first kappa shape index (κ1) is 11.2. The second-order valence-corrected chi connectivity index (χ2v) is 8.16. The van der Waals surface area contributed by atoms with E-state index in [2.05, 4.69) is 27.7 Å². The van der Waals surface area contributed by atoms with Crippen molar-refractivity contribution in [1.29, 1.82) is 0 Å². The zero-order valence-electron chi connectivity index (χ0n) is 11.7. The van der Waals surface area contributed by atoms with Crippen LogP contribution in [-0.2, 0) is 9.59 Å². The number of hydrogen-bond acceptors (Lipinski definition) is 2. The quantitative estimate of drug-likeness (QED) is 0.658. The van der Waals surface area contributed by atoms with Crippen molar-refractivity contribution in [1.82, 2.24) is 0 Å². The van der Waals surface area contributed by atoms with E-state index in [9.17, 15) is 9.59 Å². The largest absolute Gasteiger partial charge is 0.299 e. The van der Waals surface area contributed by atoms with Gasteiger partial charge in [-0.15, -0.1) is 0 Å². The molecule has 0 aromatic rings. The molecule has 98 valence electrons. The van der Waals surface area contributed by atoms with Crippen molar-refractivity contribution in [3.63, 3.8) is 0 Å². The van der Waals surface area contributed by atoms with E-state index >= 15 is 0 Å². The van der Waals surface area contributed by atoms with Crippen LogP contribution in [-0.4, -0.2) is 11.6 Å². The third kappa shape index (κ3) is 0.812. The predicted molar refractivity (Wildman–Crippen MR) is 67.8 cm³/mol. The van der Waals surface area contributed by atoms with Crippen molar-refractivity contribution in [3.05, 3.63) is 0 Å². The highest BCUT2D eigenvalue weighted by Gasteiger charge is 2.83. The molecule has 0 aromatic carbocycles. The van der Waals surface area contributed by atoms with Crippen molar-refractivity contribution in [3.8, 4) is 0 Å².